The third kappa shape index (κ3) is 4.14. The zero-order valence-corrected chi connectivity index (χ0v) is 16.4. The van der Waals surface area contributed by atoms with Gasteiger partial charge in [-0.15, -0.1) is 0 Å². The number of nitriles is 1. The lowest BCUT2D eigenvalue weighted by Crippen LogP contribution is -2.46. The molecule has 2 aromatic rings. The van der Waals surface area contributed by atoms with Gasteiger partial charge >= 0.3 is 0 Å². The first-order valence-electron chi connectivity index (χ1n) is 10.0. The van der Waals surface area contributed by atoms with Gasteiger partial charge in [-0.25, -0.2) is 0 Å². The zero-order chi connectivity index (χ0) is 19.3. The fraction of sp³-hybridized carbons (Fsp3) is 0.435. The van der Waals surface area contributed by atoms with Crippen molar-refractivity contribution < 1.29 is 9.47 Å². The summed E-state index contributed by atoms with van der Waals surface area (Å²) >= 11 is 0. The summed E-state index contributed by atoms with van der Waals surface area (Å²) < 4.78 is 11.3. The molecule has 0 amide bonds. The summed E-state index contributed by atoms with van der Waals surface area (Å²) in [6.45, 7) is 6.01. The van der Waals surface area contributed by atoms with E-state index in [2.05, 4.69) is 34.1 Å². The largest absolute Gasteiger partial charge is 0.497 e. The number of anilines is 1. The summed E-state index contributed by atoms with van der Waals surface area (Å²) in [5.41, 5.74) is 4.55. The predicted molar refractivity (Wildman–Crippen MR) is 110 cm³/mol. The maximum absolute atomic E-state index is 9.11. The highest BCUT2D eigenvalue weighted by molar-refractivity contribution is 5.49. The molecule has 1 saturated heterocycles. The molecule has 0 saturated carbocycles. The first-order valence-corrected chi connectivity index (χ1v) is 10.0. The van der Waals surface area contributed by atoms with Crippen LogP contribution in [0.1, 0.15) is 29.2 Å². The molecule has 0 radical (unpaired) electrons. The van der Waals surface area contributed by atoms with E-state index in [0.29, 0.717) is 0 Å². The Morgan fingerprint density at radius 1 is 1.11 bits per heavy atom. The third-order valence-corrected chi connectivity index (χ3v) is 5.83. The first-order chi connectivity index (χ1) is 13.8. The number of methoxy groups -OCH3 is 1. The Bertz CT molecular complexity index is 836. The Kier molecular flexibility index (Phi) is 5.80. The predicted octanol–water partition coefficient (Wildman–Crippen LogP) is 3.39. The number of fused-ring (bicyclic) bond motifs is 1. The van der Waals surface area contributed by atoms with Crippen molar-refractivity contribution in [2.45, 2.75) is 18.9 Å². The number of benzene rings is 2. The third-order valence-electron chi connectivity index (χ3n) is 5.83. The van der Waals surface area contributed by atoms with Crippen molar-refractivity contribution in [3.63, 3.8) is 0 Å². The lowest BCUT2D eigenvalue weighted by molar-refractivity contribution is 0.0289. The van der Waals surface area contributed by atoms with Crippen LogP contribution in [0, 0.1) is 11.3 Å². The van der Waals surface area contributed by atoms with Crippen LogP contribution >= 0.6 is 0 Å². The van der Waals surface area contributed by atoms with E-state index in [1.165, 1.54) is 16.8 Å². The molecule has 5 heteroatoms. The lowest BCUT2D eigenvalue weighted by atomic mass is 9.94. The molecule has 2 aliphatic rings. The smallest absolute Gasteiger partial charge is 0.119 e. The quantitative estimate of drug-likeness (QED) is 0.799. The molecule has 2 heterocycles. The molecule has 0 aromatic heterocycles. The summed E-state index contributed by atoms with van der Waals surface area (Å²) in [5, 5.41) is 9.11. The van der Waals surface area contributed by atoms with E-state index >= 15 is 0 Å². The van der Waals surface area contributed by atoms with E-state index in [0.717, 1.165) is 63.5 Å². The molecule has 1 atom stereocenters. The van der Waals surface area contributed by atoms with Crippen LogP contribution in [0.15, 0.2) is 42.5 Å². The summed E-state index contributed by atoms with van der Waals surface area (Å²) in [6.07, 6.45) is 2.06. The molecule has 28 heavy (non-hydrogen) atoms. The molecule has 146 valence electrons. The zero-order valence-electron chi connectivity index (χ0n) is 16.4. The number of piperazine rings is 1. The van der Waals surface area contributed by atoms with Crippen molar-refractivity contribution in [3.8, 4) is 11.8 Å². The van der Waals surface area contributed by atoms with Gasteiger partial charge in [0.2, 0.25) is 0 Å². The topological polar surface area (TPSA) is 48.7 Å². The van der Waals surface area contributed by atoms with Gasteiger partial charge in [0, 0.05) is 38.4 Å². The highest BCUT2D eigenvalue weighted by atomic mass is 16.5. The standard InChI is InChI=1S/C23H27N3O2/c1-27-21-5-3-20(4-6-21)26-13-11-25(12-14-26)10-8-23-22-7-2-18(17-24)16-19(22)9-15-28-23/h2-7,16,23H,8-15H2,1H3. The monoisotopic (exact) mass is 377 g/mol. The second kappa shape index (κ2) is 8.64. The van der Waals surface area contributed by atoms with Gasteiger partial charge in [-0.05, 0) is 60.4 Å². The molecule has 2 aliphatic heterocycles. The number of rotatable bonds is 5. The maximum atomic E-state index is 9.11. The minimum Gasteiger partial charge on any atom is -0.497 e. The van der Waals surface area contributed by atoms with Crippen molar-refractivity contribution in [2.24, 2.45) is 0 Å². The number of ether oxygens (including phenoxy) is 2. The Hall–Kier alpha value is -2.55. The van der Waals surface area contributed by atoms with Crippen molar-refractivity contribution in [1.29, 1.82) is 5.26 Å². The van der Waals surface area contributed by atoms with Gasteiger partial charge in [-0.1, -0.05) is 6.07 Å². The van der Waals surface area contributed by atoms with Crippen LogP contribution in [0.3, 0.4) is 0 Å². The summed E-state index contributed by atoms with van der Waals surface area (Å²) in [5.74, 6) is 0.900. The van der Waals surface area contributed by atoms with Crippen molar-refractivity contribution in [3.05, 3.63) is 59.2 Å². The molecule has 0 spiro atoms. The van der Waals surface area contributed by atoms with Gasteiger partial charge in [0.1, 0.15) is 5.75 Å². The molecular formula is C23H27N3O2. The van der Waals surface area contributed by atoms with Crippen molar-refractivity contribution in [1.82, 2.24) is 4.90 Å². The summed E-state index contributed by atoms with van der Waals surface area (Å²) in [4.78, 5) is 4.97. The van der Waals surface area contributed by atoms with Gasteiger partial charge in [0.25, 0.3) is 0 Å². The Balaban J connectivity index is 1.30. The second-order valence-corrected chi connectivity index (χ2v) is 7.45. The van der Waals surface area contributed by atoms with Gasteiger partial charge in [0.15, 0.2) is 0 Å². The van der Waals surface area contributed by atoms with E-state index in [-0.39, 0.29) is 6.10 Å². The second-order valence-electron chi connectivity index (χ2n) is 7.45. The average molecular weight is 377 g/mol. The molecular weight excluding hydrogens is 350 g/mol. The van der Waals surface area contributed by atoms with Crippen LogP contribution < -0.4 is 9.64 Å². The first kappa shape index (κ1) is 18.8. The van der Waals surface area contributed by atoms with Crippen molar-refractivity contribution in [2.75, 3.05) is 51.3 Å². The van der Waals surface area contributed by atoms with Gasteiger partial charge < -0.3 is 14.4 Å². The fourth-order valence-electron chi connectivity index (χ4n) is 4.17. The normalized spacial score (nSPS) is 19.7. The highest BCUT2D eigenvalue weighted by Gasteiger charge is 2.23. The minimum absolute atomic E-state index is 0.149. The van der Waals surface area contributed by atoms with Gasteiger partial charge in [0.05, 0.1) is 31.5 Å². The van der Waals surface area contributed by atoms with Crippen LogP contribution in [0.4, 0.5) is 5.69 Å². The summed E-state index contributed by atoms with van der Waals surface area (Å²) in [6, 6.07) is 16.6. The van der Waals surface area contributed by atoms with E-state index in [9.17, 15) is 0 Å². The molecule has 0 bridgehead atoms. The van der Waals surface area contributed by atoms with Gasteiger partial charge in [-0.2, -0.15) is 5.26 Å². The van der Waals surface area contributed by atoms with Crippen LogP contribution in [0.2, 0.25) is 0 Å². The maximum Gasteiger partial charge on any atom is 0.119 e. The number of nitrogens with zero attached hydrogens (tertiary/aromatic N) is 3. The Labute approximate surface area is 167 Å². The van der Waals surface area contributed by atoms with E-state index in [4.69, 9.17) is 14.7 Å². The summed E-state index contributed by atoms with van der Waals surface area (Å²) in [7, 11) is 1.70. The van der Waals surface area contributed by atoms with E-state index in [1.54, 1.807) is 7.11 Å². The molecule has 2 aromatic carbocycles. The Morgan fingerprint density at radius 2 is 1.89 bits per heavy atom. The van der Waals surface area contributed by atoms with Crippen LogP contribution in [0.5, 0.6) is 5.75 Å². The molecule has 0 N–H and O–H groups in total. The van der Waals surface area contributed by atoms with E-state index < -0.39 is 0 Å². The van der Waals surface area contributed by atoms with Crippen LogP contribution in [-0.4, -0.2) is 51.3 Å². The van der Waals surface area contributed by atoms with Gasteiger partial charge in [-0.3, -0.25) is 4.90 Å². The lowest BCUT2D eigenvalue weighted by Gasteiger charge is -2.37. The number of hydrogen-bond donors (Lipinski definition) is 0. The van der Waals surface area contributed by atoms with Crippen LogP contribution in [-0.2, 0) is 11.2 Å². The molecule has 1 unspecified atom stereocenters. The molecule has 0 aliphatic carbocycles. The Morgan fingerprint density at radius 3 is 2.61 bits per heavy atom. The minimum atomic E-state index is 0.149. The molecule has 5 nitrogen and oxygen atoms in total. The van der Waals surface area contributed by atoms with E-state index in [1.807, 2.05) is 24.3 Å². The SMILES string of the molecule is COc1ccc(N2CCN(CCC3OCCc4cc(C#N)ccc43)CC2)cc1. The number of hydrogen-bond acceptors (Lipinski definition) is 5. The van der Waals surface area contributed by atoms with Crippen LogP contribution in [0.25, 0.3) is 0 Å². The highest BCUT2D eigenvalue weighted by Crippen LogP contribution is 2.30. The average Bonchev–Trinajstić information content (AvgIpc) is 2.77. The van der Waals surface area contributed by atoms with Crippen molar-refractivity contribution >= 4 is 5.69 Å². The molecule has 1 fully saturated rings. The fourth-order valence-corrected chi connectivity index (χ4v) is 4.17. The molecule has 4 rings (SSSR count).